The van der Waals surface area contributed by atoms with E-state index in [0.29, 0.717) is 0 Å². The van der Waals surface area contributed by atoms with Gasteiger partial charge in [0.1, 0.15) is 0 Å². The summed E-state index contributed by atoms with van der Waals surface area (Å²) in [6, 6.07) is 0. The number of rotatable bonds is 5. The quantitative estimate of drug-likeness (QED) is 0.479. The maximum atomic E-state index is 10.3. The van der Waals surface area contributed by atoms with Crippen LogP contribution >= 0.6 is 0 Å². The fraction of sp³-hybridized carbons (Fsp3) is 0.500. The molecule has 13 heteroatoms. The van der Waals surface area contributed by atoms with E-state index < -0.39 is 36.4 Å². The molecule has 10 nitrogen and oxygen atoms in total. The number of carboxylic acid groups (broad SMARTS) is 3. The molecule has 0 spiro atoms. The zero-order valence-corrected chi connectivity index (χ0v) is 12.5. The monoisotopic (exact) mass is 408 g/mol. The molecule has 0 aliphatic carbocycles. The summed E-state index contributed by atoms with van der Waals surface area (Å²) in [4.78, 5) is 30.5. The predicted octanol–water partition coefficient (Wildman–Crippen LogP) is 0.895. The van der Waals surface area contributed by atoms with Crippen molar-refractivity contribution in [1.82, 2.24) is 0 Å². The van der Waals surface area contributed by atoms with Crippen molar-refractivity contribution in [2.75, 3.05) is 0 Å². The van der Waals surface area contributed by atoms with Gasteiger partial charge in [-0.2, -0.15) is 0 Å². The van der Waals surface area contributed by atoms with Gasteiger partial charge in [-0.3, -0.25) is 9.59 Å². The Labute approximate surface area is 140 Å². The molecule has 0 aliphatic rings. The van der Waals surface area contributed by atoms with Gasteiger partial charge < -0.3 is 38.9 Å². The summed E-state index contributed by atoms with van der Waals surface area (Å²) >= 11 is 0. The first-order valence-corrected chi connectivity index (χ1v) is 3.17. The molecule has 0 aliphatic heterocycles. The summed E-state index contributed by atoms with van der Waals surface area (Å²) in [5.74, 6) is -5.02. The van der Waals surface area contributed by atoms with Crippen LogP contribution in [0.5, 0.6) is 0 Å². The van der Waals surface area contributed by atoms with E-state index >= 15 is 0 Å². The van der Waals surface area contributed by atoms with Gasteiger partial charge in [-0.1, -0.05) is 0 Å². The average Bonchev–Trinajstić information content (AvgIpc) is 1.82. The molecule has 0 heterocycles. The summed E-state index contributed by atoms with van der Waals surface area (Å²) < 4.78 is 0. The fourth-order valence-corrected chi connectivity index (χ4v) is 0.714. The van der Waals surface area contributed by atoms with Crippen LogP contribution in [0, 0.1) is 0 Å². The van der Waals surface area contributed by atoms with Crippen LogP contribution in [0.25, 0.3) is 18.5 Å². The minimum Gasteiger partial charge on any atom is -0.693 e. The van der Waals surface area contributed by atoms with Crippen molar-refractivity contribution in [1.29, 1.82) is 0 Å². The van der Waals surface area contributed by atoms with Crippen molar-refractivity contribution in [2.24, 2.45) is 0 Å². The maximum Gasteiger partial charge on any atom is 0.336 e. The second kappa shape index (κ2) is 17.8. The Balaban J connectivity index is -0.0000000480. The van der Waals surface area contributed by atoms with Gasteiger partial charge in [0.15, 0.2) is 5.60 Å². The van der Waals surface area contributed by atoms with Gasteiger partial charge in [0.25, 0.3) is 0 Å². The molecule has 122 valence electrons. The fourth-order valence-electron chi connectivity index (χ4n) is 0.714. The van der Waals surface area contributed by atoms with Gasteiger partial charge >= 0.3 is 17.9 Å². The minimum atomic E-state index is -2.74. The third-order valence-electron chi connectivity index (χ3n) is 1.29. The number of nitrogens with two attached hydrogens (primary N) is 3. The van der Waals surface area contributed by atoms with Crippen molar-refractivity contribution in [2.45, 2.75) is 18.4 Å². The van der Waals surface area contributed by atoms with E-state index in [1.165, 1.54) is 0 Å². The Kier molecular flexibility index (Phi) is 40.1. The molecule has 0 atom stereocenters. The Hall–Kier alpha value is -0.192. The van der Waals surface area contributed by atoms with Crippen LogP contribution in [-0.4, -0.2) is 43.9 Å². The Morgan fingerprint density at radius 3 is 1.05 bits per heavy atom. The van der Waals surface area contributed by atoms with Gasteiger partial charge in [-0.25, -0.2) is 4.79 Å². The number of aliphatic hydroxyl groups is 1. The van der Waals surface area contributed by atoms with Crippen LogP contribution < -0.4 is 0 Å². The molecule has 10 N–H and O–H groups in total. The van der Waals surface area contributed by atoms with E-state index in [2.05, 4.69) is 0 Å². The molecule has 0 rings (SSSR count). The summed E-state index contributed by atoms with van der Waals surface area (Å²) in [5.41, 5.74) is -2.74. The number of aliphatic carboxylic acids is 3. The normalized spacial score (nSPS) is 7.42. The molecule has 0 aromatic heterocycles. The molecule has 0 aromatic rings. The van der Waals surface area contributed by atoms with Crippen LogP contribution in [0.1, 0.15) is 12.8 Å². The Bertz CT molecular complexity index is 250. The van der Waals surface area contributed by atoms with E-state index in [4.69, 9.17) is 20.4 Å². The average molecular weight is 408 g/mol. The van der Waals surface area contributed by atoms with Crippen LogP contribution in [0.4, 0.5) is 0 Å². The third-order valence-corrected chi connectivity index (χ3v) is 1.29. The van der Waals surface area contributed by atoms with Gasteiger partial charge in [-0.15, -0.1) is 0 Å². The van der Waals surface area contributed by atoms with Crippen LogP contribution in [0.15, 0.2) is 0 Å². The Morgan fingerprint density at radius 1 is 0.737 bits per heavy atom. The van der Waals surface area contributed by atoms with E-state index in [1.807, 2.05) is 0 Å². The number of hydrogen-bond donors (Lipinski definition) is 4. The zero-order valence-electron chi connectivity index (χ0n) is 9.22. The molecular weight excluding hydrogens is 394 g/mol. The molecule has 0 bridgehead atoms. The first kappa shape index (κ1) is 42.8. The van der Waals surface area contributed by atoms with Gasteiger partial charge in [0.2, 0.25) is 0 Å². The van der Waals surface area contributed by atoms with Crippen LogP contribution in [-0.2, 0) is 65.6 Å². The molecule has 0 aromatic carbocycles. The van der Waals surface area contributed by atoms with E-state index in [-0.39, 0.29) is 69.7 Å². The standard InChI is InChI=1S/C6H8O7.3Fe.3H2N/c7-3(8)1-6(13,5(11)12)2-4(9)10;;;;;;/h13H,1-2H2,(H,7,8)(H,9,10)(H,11,12);;;;3*1H2/q;;;;3*-1. The zero-order chi connectivity index (χ0) is 10.6. The first-order chi connectivity index (χ1) is 5.78. The predicted molar refractivity (Wildman–Crippen MR) is 52.9 cm³/mol. The van der Waals surface area contributed by atoms with Crippen LogP contribution in [0.3, 0.4) is 0 Å². The summed E-state index contributed by atoms with van der Waals surface area (Å²) in [5, 5.41) is 33.8. The van der Waals surface area contributed by atoms with Crippen molar-refractivity contribution in [3.63, 3.8) is 0 Å². The van der Waals surface area contributed by atoms with E-state index in [1.54, 1.807) is 0 Å². The van der Waals surface area contributed by atoms with Gasteiger partial charge in [0, 0.05) is 51.2 Å². The van der Waals surface area contributed by atoms with Crippen molar-refractivity contribution >= 4 is 17.9 Å². The van der Waals surface area contributed by atoms with Crippen molar-refractivity contribution in [3.8, 4) is 0 Å². The van der Waals surface area contributed by atoms with Crippen molar-refractivity contribution in [3.05, 3.63) is 18.5 Å². The number of carbonyl (C=O) groups is 3. The molecule has 0 amide bonds. The molecular formula is C6H14Fe3N3O7-3. The topological polar surface area (TPSA) is 233 Å². The second-order valence-corrected chi connectivity index (χ2v) is 2.48. The second-order valence-electron chi connectivity index (χ2n) is 2.48. The van der Waals surface area contributed by atoms with E-state index in [0.717, 1.165) is 0 Å². The Morgan fingerprint density at radius 2 is 0.947 bits per heavy atom. The minimum absolute atomic E-state index is 0. The molecule has 0 saturated carbocycles. The largest absolute Gasteiger partial charge is 0.693 e. The maximum absolute atomic E-state index is 10.3. The SMILES string of the molecule is O=C(O)CC(O)(CC(=O)O)C(=O)O.[Fe].[Fe].[Fe].[NH2-].[NH2-].[NH2-]. The first-order valence-electron chi connectivity index (χ1n) is 3.17. The molecule has 0 saturated heterocycles. The van der Waals surface area contributed by atoms with Crippen molar-refractivity contribution < 1.29 is 86.0 Å². The van der Waals surface area contributed by atoms with E-state index in [9.17, 15) is 14.4 Å². The number of carboxylic acids is 3. The smallest absolute Gasteiger partial charge is 0.336 e. The molecule has 19 heavy (non-hydrogen) atoms. The number of hydrogen-bond acceptors (Lipinski definition) is 4. The molecule has 0 fully saturated rings. The van der Waals surface area contributed by atoms with Gasteiger partial charge in [0.05, 0.1) is 12.8 Å². The summed E-state index contributed by atoms with van der Waals surface area (Å²) in [6.07, 6.45) is -2.29. The van der Waals surface area contributed by atoms with Gasteiger partial charge in [-0.05, 0) is 0 Å². The summed E-state index contributed by atoms with van der Waals surface area (Å²) in [6.45, 7) is 0. The molecule has 0 unspecified atom stereocenters. The summed E-state index contributed by atoms with van der Waals surface area (Å²) in [7, 11) is 0. The van der Waals surface area contributed by atoms with Crippen LogP contribution in [0.2, 0.25) is 0 Å². The molecule has 0 radical (unpaired) electrons. The third kappa shape index (κ3) is 17.8.